The minimum Gasteiger partial charge on any atom is -0.497 e. The highest BCUT2D eigenvalue weighted by atomic mass is 32.2. The number of nitrogens with zero attached hydrogens (tertiary/aromatic N) is 2. The lowest BCUT2D eigenvalue weighted by atomic mass is 10.1. The van der Waals surface area contributed by atoms with E-state index in [0.717, 1.165) is 21.9 Å². The van der Waals surface area contributed by atoms with E-state index >= 15 is 0 Å². The molecule has 1 aliphatic heterocycles. The van der Waals surface area contributed by atoms with Crippen molar-refractivity contribution in [1.82, 2.24) is 4.90 Å². The molecule has 1 amide bonds. The molecule has 1 N–H and O–H groups in total. The third-order valence-electron chi connectivity index (χ3n) is 4.73. The van der Waals surface area contributed by atoms with Crippen LogP contribution in [0, 0.1) is 0 Å². The van der Waals surface area contributed by atoms with Gasteiger partial charge in [0.1, 0.15) is 17.6 Å². The number of hydrogen-bond donors (Lipinski definition) is 1. The van der Waals surface area contributed by atoms with Crippen molar-refractivity contribution in [2.24, 2.45) is 0 Å². The van der Waals surface area contributed by atoms with Gasteiger partial charge in [-0.1, -0.05) is 12.1 Å². The number of aliphatic hydroxyl groups is 1. The number of carbonyl (C=O) groups is 1. The number of anilines is 1. The second-order valence-corrected chi connectivity index (χ2v) is 8.07. The van der Waals surface area contributed by atoms with Crippen molar-refractivity contribution in [1.29, 1.82) is 0 Å². The van der Waals surface area contributed by atoms with Crippen molar-refractivity contribution in [3.05, 3.63) is 48.0 Å². The maximum atomic E-state index is 13.2. The topological polar surface area (TPSA) is 62.2 Å². The lowest BCUT2D eigenvalue weighted by Gasteiger charge is -2.26. The number of benzene rings is 2. The molecule has 1 heterocycles. The Morgan fingerprint density at radius 2 is 1.71 bits per heavy atom. The largest absolute Gasteiger partial charge is 0.497 e. The summed E-state index contributed by atoms with van der Waals surface area (Å²) in [6.07, 6.45) is -1.15. The predicted molar refractivity (Wildman–Crippen MR) is 111 cm³/mol. The Balaban J connectivity index is 2.02. The Morgan fingerprint density at radius 1 is 1.07 bits per heavy atom. The molecule has 0 saturated heterocycles. The van der Waals surface area contributed by atoms with Crippen molar-refractivity contribution in [3.8, 4) is 11.5 Å². The van der Waals surface area contributed by atoms with Crippen molar-refractivity contribution in [3.63, 3.8) is 0 Å². The zero-order valence-corrected chi connectivity index (χ0v) is 17.4. The Bertz CT molecular complexity index is 826. The Kier molecular flexibility index (Phi) is 6.49. The zero-order chi connectivity index (χ0) is 20.3. The lowest BCUT2D eigenvalue weighted by Crippen LogP contribution is -2.43. The predicted octanol–water partition coefficient (Wildman–Crippen LogP) is 2.81. The average Bonchev–Trinajstić information content (AvgIpc) is 2.81. The fraction of sp³-hybridized carbons (Fsp3) is 0.381. The fourth-order valence-electron chi connectivity index (χ4n) is 3.12. The van der Waals surface area contributed by atoms with Gasteiger partial charge in [0.05, 0.1) is 25.2 Å². The molecule has 0 saturated carbocycles. The molecule has 0 fully saturated rings. The number of hydrogen-bond acceptors (Lipinski definition) is 6. The first-order chi connectivity index (χ1) is 13.4. The molecule has 6 nitrogen and oxygen atoms in total. The Labute approximate surface area is 170 Å². The summed E-state index contributed by atoms with van der Waals surface area (Å²) in [6, 6.07) is 13.2. The molecule has 0 aliphatic carbocycles. The monoisotopic (exact) mass is 402 g/mol. The average molecular weight is 403 g/mol. The van der Waals surface area contributed by atoms with Crippen LogP contribution in [0.3, 0.4) is 0 Å². The third kappa shape index (κ3) is 4.27. The fourth-order valence-corrected chi connectivity index (χ4v) is 4.37. The third-order valence-corrected chi connectivity index (χ3v) is 6.11. The van der Waals surface area contributed by atoms with Crippen LogP contribution in [0.25, 0.3) is 0 Å². The number of carbonyl (C=O) groups excluding carboxylic acids is 1. The summed E-state index contributed by atoms with van der Waals surface area (Å²) < 4.78 is 10.6. The summed E-state index contributed by atoms with van der Waals surface area (Å²) in [7, 11) is 7.13. The summed E-state index contributed by atoms with van der Waals surface area (Å²) in [5, 5.41) is 10.5. The number of aliphatic hydroxyl groups excluding tert-OH is 1. The van der Waals surface area contributed by atoms with E-state index < -0.39 is 11.4 Å². The van der Waals surface area contributed by atoms with Crippen LogP contribution in [0.5, 0.6) is 11.5 Å². The van der Waals surface area contributed by atoms with Crippen molar-refractivity contribution in [2.45, 2.75) is 16.2 Å². The smallest absolute Gasteiger partial charge is 0.257 e. The number of thioether (sulfide) groups is 1. The summed E-state index contributed by atoms with van der Waals surface area (Å²) >= 11 is 1.49. The number of rotatable bonds is 6. The lowest BCUT2D eigenvalue weighted by molar-refractivity contribution is -0.126. The summed E-state index contributed by atoms with van der Waals surface area (Å²) in [4.78, 5) is 17.8. The molecular weight excluding hydrogens is 376 g/mol. The molecule has 2 atom stereocenters. The van der Waals surface area contributed by atoms with Crippen LogP contribution in [0.2, 0.25) is 0 Å². The van der Waals surface area contributed by atoms with Crippen molar-refractivity contribution >= 4 is 23.4 Å². The van der Waals surface area contributed by atoms with Gasteiger partial charge in [0.15, 0.2) is 0 Å². The highest BCUT2D eigenvalue weighted by molar-refractivity contribution is 7.99. The van der Waals surface area contributed by atoms with E-state index in [0.29, 0.717) is 18.8 Å². The molecule has 0 aromatic heterocycles. The summed E-state index contributed by atoms with van der Waals surface area (Å²) in [6.45, 7) is 1.17. The number of likely N-dealkylation sites (N-methyl/N-ethyl adjacent to an activating group) is 1. The molecule has 3 rings (SSSR count). The van der Waals surface area contributed by atoms with E-state index in [4.69, 9.17) is 9.47 Å². The molecule has 28 heavy (non-hydrogen) atoms. The number of methoxy groups -OCH3 is 2. The second-order valence-electron chi connectivity index (χ2n) is 6.88. The quantitative estimate of drug-likeness (QED) is 0.802. The Morgan fingerprint density at radius 3 is 2.32 bits per heavy atom. The molecule has 2 aromatic rings. The van der Waals surface area contributed by atoms with Crippen LogP contribution >= 0.6 is 11.8 Å². The first kappa shape index (κ1) is 20.5. The highest BCUT2D eigenvalue weighted by Gasteiger charge is 2.37. The van der Waals surface area contributed by atoms with Gasteiger partial charge in [-0.25, -0.2) is 0 Å². The molecule has 1 aliphatic rings. The van der Waals surface area contributed by atoms with Gasteiger partial charge in [-0.05, 0) is 43.9 Å². The minimum absolute atomic E-state index is 0.304. The van der Waals surface area contributed by atoms with Gasteiger partial charge in [0.2, 0.25) is 0 Å². The molecule has 0 radical (unpaired) electrons. The molecule has 2 aromatic carbocycles. The van der Waals surface area contributed by atoms with Crippen LogP contribution in [-0.2, 0) is 4.79 Å². The SMILES string of the molecule is COc1ccc(C2Sc3ccc(OC)cc3N(CCN(C)C)C(=O)C2O)cc1. The normalized spacial score (nSPS) is 19.4. The van der Waals surface area contributed by atoms with Crippen LogP contribution in [0.15, 0.2) is 47.4 Å². The first-order valence-electron chi connectivity index (χ1n) is 9.07. The summed E-state index contributed by atoms with van der Waals surface area (Å²) in [5.74, 6) is 1.11. The highest BCUT2D eigenvalue weighted by Crippen LogP contribution is 2.46. The van der Waals surface area contributed by atoms with Gasteiger partial charge >= 0.3 is 0 Å². The van der Waals surface area contributed by atoms with Crippen LogP contribution in [0.1, 0.15) is 10.8 Å². The van der Waals surface area contributed by atoms with Gasteiger partial charge < -0.3 is 24.4 Å². The standard InChI is InChI=1S/C21H26N2O4S/c1-22(2)11-12-23-17-13-16(27-4)9-10-18(17)28-20(19(24)21(23)25)14-5-7-15(26-3)8-6-14/h5-10,13,19-20,24H,11-12H2,1-4H3. The van der Waals surface area contributed by atoms with Crippen LogP contribution in [-0.4, -0.2) is 63.4 Å². The van der Waals surface area contributed by atoms with Crippen LogP contribution in [0.4, 0.5) is 5.69 Å². The van der Waals surface area contributed by atoms with Gasteiger partial charge in [-0.2, -0.15) is 0 Å². The van der Waals surface area contributed by atoms with E-state index in [2.05, 4.69) is 0 Å². The molecule has 0 bridgehead atoms. The van der Waals surface area contributed by atoms with E-state index in [1.807, 2.05) is 61.5 Å². The van der Waals surface area contributed by atoms with Crippen LogP contribution < -0.4 is 14.4 Å². The van der Waals surface area contributed by atoms with E-state index in [1.165, 1.54) is 11.8 Å². The van der Waals surface area contributed by atoms with Crippen molar-refractivity contribution in [2.75, 3.05) is 46.3 Å². The summed E-state index contributed by atoms with van der Waals surface area (Å²) in [5.41, 5.74) is 1.65. The maximum absolute atomic E-state index is 13.2. The van der Waals surface area contributed by atoms with Gasteiger partial charge in [0.25, 0.3) is 5.91 Å². The number of amides is 1. The minimum atomic E-state index is -1.15. The number of fused-ring (bicyclic) bond motifs is 1. The van der Waals surface area contributed by atoms with Gasteiger partial charge in [-0.15, -0.1) is 11.8 Å². The van der Waals surface area contributed by atoms with Gasteiger partial charge in [0, 0.05) is 24.1 Å². The second kappa shape index (κ2) is 8.86. The molecule has 0 spiro atoms. The molecular formula is C21H26N2O4S. The first-order valence-corrected chi connectivity index (χ1v) is 9.95. The van der Waals surface area contributed by atoms with E-state index in [1.54, 1.807) is 19.1 Å². The maximum Gasteiger partial charge on any atom is 0.257 e. The molecule has 150 valence electrons. The Hall–Kier alpha value is -2.22. The molecule has 7 heteroatoms. The zero-order valence-electron chi connectivity index (χ0n) is 16.6. The number of ether oxygens (including phenoxy) is 2. The van der Waals surface area contributed by atoms with Crippen molar-refractivity contribution < 1.29 is 19.4 Å². The molecule has 2 unspecified atom stereocenters. The van der Waals surface area contributed by atoms with E-state index in [-0.39, 0.29) is 5.91 Å². The van der Waals surface area contributed by atoms with E-state index in [9.17, 15) is 9.90 Å². The van der Waals surface area contributed by atoms with Gasteiger partial charge in [-0.3, -0.25) is 4.79 Å².